The molecular formula is C19H28ClNO4. The summed E-state index contributed by atoms with van der Waals surface area (Å²) in [6.45, 7) is 4.54. The predicted molar refractivity (Wildman–Crippen MR) is 99.4 cm³/mol. The van der Waals surface area contributed by atoms with Crippen LogP contribution in [-0.2, 0) is 14.3 Å². The summed E-state index contributed by atoms with van der Waals surface area (Å²) in [7, 11) is 3.23. The topological polar surface area (TPSA) is 56.8 Å². The van der Waals surface area contributed by atoms with Crippen LogP contribution in [0.15, 0.2) is 18.2 Å². The van der Waals surface area contributed by atoms with Crippen molar-refractivity contribution >= 4 is 23.2 Å². The second kappa shape index (κ2) is 8.88. The number of carbonyl (C=O) groups excluding carboxylic acids is 1. The Hall–Kier alpha value is -1.30. The van der Waals surface area contributed by atoms with Gasteiger partial charge in [0.25, 0.3) is 5.91 Å². The number of amides is 1. The normalized spacial score (nSPS) is 24.6. The molecule has 1 aromatic carbocycles. The summed E-state index contributed by atoms with van der Waals surface area (Å²) >= 11 is 6.29. The Bertz CT molecular complexity index is 595. The molecular weight excluding hydrogens is 342 g/mol. The van der Waals surface area contributed by atoms with Gasteiger partial charge in [-0.05, 0) is 50.3 Å². The van der Waals surface area contributed by atoms with Gasteiger partial charge in [0.15, 0.2) is 0 Å². The molecule has 0 spiro atoms. The zero-order valence-corrected chi connectivity index (χ0v) is 16.2. The monoisotopic (exact) mass is 369 g/mol. The maximum absolute atomic E-state index is 12.8. The number of rotatable bonds is 7. The van der Waals surface area contributed by atoms with Crippen LogP contribution in [0.5, 0.6) is 5.75 Å². The minimum atomic E-state index is -0.758. The second-order valence-corrected chi connectivity index (χ2v) is 7.29. The van der Waals surface area contributed by atoms with Gasteiger partial charge in [0, 0.05) is 19.9 Å². The van der Waals surface area contributed by atoms with E-state index in [0.717, 1.165) is 25.7 Å². The minimum Gasteiger partial charge on any atom is -0.487 e. The molecule has 3 atom stereocenters. The van der Waals surface area contributed by atoms with E-state index in [1.54, 1.807) is 32.4 Å². The van der Waals surface area contributed by atoms with Crippen LogP contribution >= 0.6 is 11.6 Å². The Morgan fingerprint density at radius 3 is 2.80 bits per heavy atom. The standard InChI is InChI=1S/C19H28ClNO4/c1-13-6-5-9-19(11-13,24-4)18(22)21-15-7-8-17(16(20)10-15)25-14(2)12-23-3/h7-8,10,13-14H,5-6,9,11-12H2,1-4H3,(H,21,22). The van der Waals surface area contributed by atoms with Crippen LogP contribution in [0.4, 0.5) is 5.69 Å². The Kier molecular flexibility index (Phi) is 7.11. The summed E-state index contributed by atoms with van der Waals surface area (Å²) in [5, 5.41) is 3.39. The minimum absolute atomic E-state index is 0.108. The zero-order chi connectivity index (χ0) is 18.4. The smallest absolute Gasteiger partial charge is 0.256 e. The van der Waals surface area contributed by atoms with Gasteiger partial charge in [-0.15, -0.1) is 0 Å². The zero-order valence-electron chi connectivity index (χ0n) is 15.4. The summed E-state index contributed by atoms with van der Waals surface area (Å²) in [6.07, 6.45) is 3.49. The number of nitrogens with one attached hydrogen (secondary N) is 1. The Morgan fingerprint density at radius 2 is 2.20 bits per heavy atom. The van der Waals surface area contributed by atoms with Gasteiger partial charge in [-0.25, -0.2) is 0 Å². The summed E-state index contributed by atoms with van der Waals surface area (Å²) in [4.78, 5) is 12.8. The van der Waals surface area contributed by atoms with Crippen molar-refractivity contribution in [3.8, 4) is 5.75 Å². The summed E-state index contributed by atoms with van der Waals surface area (Å²) in [5.74, 6) is 0.928. The van der Waals surface area contributed by atoms with Crippen LogP contribution in [0.3, 0.4) is 0 Å². The van der Waals surface area contributed by atoms with Crippen LogP contribution in [0.2, 0.25) is 5.02 Å². The third kappa shape index (κ3) is 5.09. The maximum atomic E-state index is 12.8. The first-order valence-electron chi connectivity index (χ1n) is 8.72. The third-order valence-electron chi connectivity index (χ3n) is 4.68. The van der Waals surface area contributed by atoms with Crippen LogP contribution in [0.1, 0.15) is 39.5 Å². The number of anilines is 1. The van der Waals surface area contributed by atoms with E-state index in [4.69, 9.17) is 25.8 Å². The molecule has 25 heavy (non-hydrogen) atoms. The van der Waals surface area contributed by atoms with Gasteiger partial charge in [-0.3, -0.25) is 4.79 Å². The van der Waals surface area contributed by atoms with E-state index in [9.17, 15) is 4.79 Å². The van der Waals surface area contributed by atoms with Gasteiger partial charge < -0.3 is 19.5 Å². The van der Waals surface area contributed by atoms with Gasteiger partial charge in [0.1, 0.15) is 17.5 Å². The molecule has 1 saturated carbocycles. The van der Waals surface area contributed by atoms with Crippen LogP contribution in [-0.4, -0.2) is 38.4 Å². The molecule has 0 aliphatic heterocycles. The molecule has 2 rings (SSSR count). The first-order chi connectivity index (χ1) is 11.9. The van der Waals surface area contributed by atoms with E-state index in [2.05, 4.69) is 12.2 Å². The molecule has 0 heterocycles. The molecule has 0 radical (unpaired) electrons. The van der Waals surface area contributed by atoms with Crippen LogP contribution in [0.25, 0.3) is 0 Å². The molecule has 1 aliphatic rings. The Balaban J connectivity index is 2.06. The third-order valence-corrected chi connectivity index (χ3v) is 4.97. The lowest BCUT2D eigenvalue weighted by Gasteiger charge is -2.37. The van der Waals surface area contributed by atoms with E-state index < -0.39 is 5.60 Å². The van der Waals surface area contributed by atoms with Gasteiger partial charge >= 0.3 is 0 Å². The molecule has 140 valence electrons. The van der Waals surface area contributed by atoms with E-state index >= 15 is 0 Å². The van der Waals surface area contributed by atoms with Gasteiger partial charge in [0.2, 0.25) is 0 Å². The summed E-state index contributed by atoms with van der Waals surface area (Å²) in [6, 6.07) is 5.24. The molecule has 0 bridgehead atoms. The average Bonchev–Trinajstić information content (AvgIpc) is 2.57. The Labute approximate surface area is 155 Å². The molecule has 1 amide bonds. The van der Waals surface area contributed by atoms with Crippen molar-refractivity contribution in [2.45, 2.75) is 51.2 Å². The fraction of sp³-hybridized carbons (Fsp3) is 0.632. The van der Waals surface area contributed by atoms with E-state index in [1.165, 1.54) is 0 Å². The second-order valence-electron chi connectivity index (χ2n) is 6.88. The summed E-state index contributed by atoms with van der Waals surface area (Å²) in [5.41, 5.74) is -0.122. The van der Waals surface area contributed by atoms with Crippen molar-refractivity contribution in [2.75, 3.05) is 26.1 Å². The molecule has 1 N–H and O–H groups in total. The highest BCUT2D eigenvalue weighted by atomic mass is 35.5. The van der Waals surface area contributed by atoms with Crippen molar-refractivity contribution in [2.24, 2.45) is 5.92 Å². The van der Waals surface area contributed by atoms with Gasteiger partial charge in [-0.2, -0.15) is 0 Å². The van der Waals surface area contributed by atoms with Gasteiger partial charge in [-0.1, -0.05) is 24.9 Å². The lowest BCUT2D eigenvalue weighted by Crippen LogP contribution is -2.47. The van der Waals surface area contributed by atoms with Crippen molar-refractivity contribution in [3.05, 3.63) is 23.2 Å². The highest BCUT2D eigenvalue weighted by Gasteiger charge is 2.42. The Morgan fingerprint density at radius 1 is 1.44 bits per heavy atom. The number of carbonyl (C=O) groups is 1. The van der Waals surface area contributed by atoms with Crippen LogP contribution in [0, 0.1) is 5.92 Å². The van der Waals surface area contributed by atoms with E-state index in [1.807, 2.05) is 6.92 Å². The molecule has 1 aliphatic carbocycles. The average molecular weight is 370 g/mol. The maximum Gasteiger partial charge on any atom is 0.256 e. The quantitative estimate of drug-likeness (QED) is 0.779. The number of ether oxygens (including phenoxy) is 3. The summed E-state index contributed by atoms with van der Waals surface area (Å²) < 4.78 is 16.4. The fourth-order valence-electron chi connectivity index (χ4n) is 3.39. The highest BCUT2D eigenvalue weighted by molar-refractivity contribution is 6.32. The number of methoxy groups -OCH3 is 2. The number of hydrogen-bond donors (Lipinski definition) is 1. The lowest BCUT2D eigenvalue weighted by atomic mass is 9.78. The highest BCUT2D eigenvalue weighted by Crippen LogP contribution is 2.36. The van der Waals surface area contributed by atoms with E-state index in [0.29, 0.717) is 29.0 Å². The molecule has 5 nitrogen and oxygen atoms in total. The largest absolute Gasteiger partial charge is 0.487 e. The first-order valence-corrected chi connectivity index (χ1v) is 9.09. The SMILES string of the molecule is COCC(C)Oc1ccc(NC(=O)C2(OC)CCCC(C)C2)cc1Cl. The number of hydrogen-bond acceptors (Lipinski definition) is 4. The predicted octanol–water partition coefficient (Wildman–Crippen LogP) is 4.29. The molecule has 0 saturated heterocycles. The van der Waals surface area contributed by atoms with Crippen molar-refractivity contribution in [3.63, 3.8) is 0 Å². The number of benzene rings is 1. The number of halogens is 1. The molecule has 1 aromatic rings. The lowest BCUT2D eigenvalue weighted by molar-refractivity contribution is -0.143. The van der Waals surface area contributed by atoms with Crippen molar-refractivity contribution in [1.29, 1.82) is 0 Å². The molecule has 1 fully saturated rings. The van der Waals surface area contributed by atoms with Gasteiger partial charge in [0.05, 0.1) is 11.6 Å². The van der Waals surface area contributed by atoms with Crippen molar-refractivity contribution < 1.29 is 19.0 Å². The van der Waals surface area contributed by atoms with Crippen LogP contribution < -0.4 is 10.1 Å². The molecule has 0 aromatic heterocycles. The fourth-order valence-corrected chi connectivity index (χ4v) is 3.62. The molecule has 3 unspecified atom stereocenters. The van der Waals surface area contributed by atoms with Crippen molar-refractivity contribution in [1.82, 2.24) is 0 Å². The van der Waals surface area contributed by atoms with E-state index in [-0.39, 0.29) is 12.0 Å². The first kappa shape index (κ1) is 20.0. The molecule has 6 heteroatoms.